The smallest absolute Gasteiger partial charge is 0.250 e. The zero-order valence-electron chi connectivity index (χ0n) is 10.9. The summed E-state index contributed by atoms with van der Waals surface area (Å²) in [7, 11) is 0. The van der Waals surface area contributed by atoms with Gasteiger partial charge in [-0.2, -0.15) is 0 Å². The van der Waals surface area contributed by atoms with Crippen LogP contribution in [0, 0.1) is 0 Å². The predicted molar refractivity (Wildman–Crippen MR) is 82.5 cm³/mol. The zero-order chi connectivity index (χ0) is 13.7. The Morgan fingerprint density at radius 3 is 2.84 bits per heavy atom. The van der Waals surface area contributed by atoms with Gasteiger partial charge in [-0.1, -0.05) is 35.0 Å². The SMILES string of the molecule is CCCn1cc(NCc2cccc(Br)c2)ccc1=O. The van der Waals surface area contributed by atoms with Gasteiger partial charge in [0.05, 0.1) is 5.69 Å². The van der Waals surface area contributed by atoms with E-state index in [1.807, 2.05) is 24.4 Å². The Balaban J connectivity index is 2.07. The highest BCUT2D eigenvalue weighted by molar-refractivity contribution is 9.10. The highest BCUT2D eigenvalue weighted by atomic mass is 79.9. The monoisotopic (exact) mass is 320 g/mol. The number of hydrogen-bond donors (Lipinski definition) is 1. The van der Waals surface area contributed by atoms with Gasteiger partial charge in [-0.05, 0) is 30.2 Å². The van der Waals surface area contributed by atoms with Gasteiger partial charge in [-0.3, -0.25) is 4.79 Å². The van der Waals surface area contributed by atoms with Crippen LogP contribution in [0.2, 0.25) is 0 Å². The molecule has 3 nitrogen and oxygen atoms in total. The Kier molecular flexibility index (Phi) is 4.80. The summed E-state index contributed by atoms with van der Waals surface area (Å²) in [5.74, 6) is 0. The van der Waals surface area contributed by atoms with Crippen molar-refractivity contribution in [2.24, 2.45) is 0 Å². The maximum atomic E-state index is 11.6. The molecule has 1 aromatic heterocycles. The third-order valence-corrected chi connectivity index (χ3v) is 3.33. The van der Waals surface area contributed by atoms with Crippen LogP contribution < -0.4 is 10.9 Å². The van der Waals surface area contributed by atoms with E-state index in [1.54, 1.807) is 10.6 Å². The van der Waals surface area contributed by atoms with E-state index < -0.39 is 0 Å². The summed E-state index contributed by atoms with van der Waals surface area (Å²) >= 11 is 3.46. The maximum absolute atomic E-state index is 11.6. The van der Waals surface area contributed by atoms with Crippen molar-refractivity contribution in [3.8, 4) is 0 Å². The molecule has 0 fully saturated rings. The van der Waals surface area contributed by atoms with Crippen LogP contribution in [0.1, 0.15) is 18.9 Å². The molecule has 1 aromatic carbocycles. The first-order valence-electron chi connectivity index (χ1n) is 6.38. The molecule has 0 saturated carbocycles. The molecule has 0 unspecified atom stereocenters. The van der Waals surface area contributed by atoms with Crippen molar-refractivity contribution in [1.82, 2.24) is 4.57 Å². The number of aromatic nitrogens is 1. The van der Waals surface area contributed by atoms with E-state index in [1.165, 1.54) is 5.56 Å². The van der Waals surface area contributed by atoms with Crippen LogP contribution in [0.15, 0.2) is 51.9 Å². The number of nitrogens with zero attached hydrogens (tertiary/aromatic N) is 1. The Morgan fingerprint density at radius 2 is 2.11 bits per heavy atom. The Hall–Kier alpha value is -1.55. The van der Waals surface area contributed by atoms with Crippen LogP contribution >= 0.6 is 15.9 Å². The third kappa shape index (κ3) is 3.96. The minimum atomic E-state index is 0.0508. The van der Waals surface area contributed by atoms with Gasteiger partial charge in [0.2, 0.25) is 0 Å². The van der Waals surface area contributed by atoms with Crippen LogP contribution in [0.25, 0.3) is 0 Å². The first kappa shape index (κ1) is 13.9. The first-order valence-corrected chi connectivity index (χ1v) is 7.17. The van der Waals surface area contributed by atoms with Crippen molar-refractivity contribution < 1.29 is 0 Å². The normalized spacial score (nSPS) is 10.4. The number of halogens is 1. The van der Waals surface area contributed by atoms with Gasteiger partial charge < -0.3 is 9.88 Å². The fourth-order valence-corrected chi connectivity index (χ4v) is 2.35. The van der Waals surface area contributed by atoms with Gasteiger partial charge >= 0.3 is 0 Å². The second kappa shape index (κ2) is 6.57. The van der Waals surface area contributed by atoms with E-state index in [0.717, 1.165) is 29.7 Å². The molecule has 1 heterocycles. The van der Waals surface area contributed by atoms with Crippen molar-refractivity contribution in [2.75, 3.05) is 5.32 Å². The van der Waals surface area contributed by atoms with Gasteiger partial charge in [-0.25, -0.2) is 0 Å². The number of pyridine rings is 1. The average Bonchev–Trinajstić information content (AvgIpc) is 2.40. The molecular weight excluding hydrogens is 304 g/mol. The summed E-state index contributed by atoms with van der Waals surface area (Å²) in [5.41, 5.74) is 2.21. The molecule has 0 aliphatic rings. The van der Waals surface area contributed by atoms with E-state index in [0.29, 0.717) is 0 Å². The second-order valence-corrected chi connectivity index (χ2v) is 5.35. The van der Waals surface area contributed by atoms with Gasteiger partial charge in [-0.15, -0.1) is 0 Å². The molecule has 0 aliphatic heterocycles. The lowest BCUT2D eigenvalue weighted by Crippen LogP contribution is -2.18. The summed E-state index contributed by atoms with van der Waals surface area (Å²) in [5, 5.41) is 3.33. The topological polar surface area (TPSA) is 34.0 Å². The molecule has 2 rings (SSSR count). The quantitative estimate of drug-likeness (QED) is 0.912. The molecular formula is C15H17BrN2O. The van der Waals surface area contributed by atoms with Crippen LogP contribution in [0.3, 0.4) is 0 Å². The van der Waals surface area contributed by atoms with Gasteiger partial charge in [0.15, 0.2) is 0 Å². The van der Waals surface area contributed by atoms with E-state index in [4.69, 9.17) is 0 Å². The lowest BCUT2D eigenvalue weighted by atomic mass is 10.2. The number of benzene rings is 1. The molecule has 0 amide bonds. The van der Waals surface area contributed by atoms with Crippen molar-refractivity contribution in [1.29, 1.82) is 0 Å². The number of nitrogens with one attached hydrogen (secondary N) is 1. The third-order valence-electron chi connectivity index (χ3n) is 2.83. The molecule has 19 heavy (non-hydrogen) atoms. The summed E-state index contributed by atoms with van der Waals surface area (Å²) < 4.78 is 2.81. The minimum absolute atomic E-state index is 0.0508. The molecule has 0 bridgehead atoms. The molecule has 4 heteroatoms. The number of rotatable bonds is 5. The van der Waals surface area contributed by atoms with Crippen LogP contribution in [0.4, 0.5) is 5.69 Å². The Labute approximate surface area is 121 Å². The second-order valence-electron chi connectivity index (χ2n) is 4.43. The van der Waals surface area contributed by atoms with Crippen LogP contribution in [-0.4, -0.2) is 4.57 Å². The van der Waals surface area contributed by atoms with E-state index in [9.17, 15) is 4.79 Å². The average molecular weight is 321 g/mol. The standard InChI is InChI=1S/C15H17BrN2O/c1-2-8-18-11-14(6-7-15(18)19)17-10-12-4-3-5-13(16)9-12/h3-7,9,11,17H,2,8,10H2,1H3. The Morgan fingerprint density at radius 1 is 1.26 bits per heavy atom. The highest BCUT2D eigenvalue weighted by Crippen LogP contribution is 2.13. The summed E-state index contributed by atoms with van der Waals surface area (Å²) in [6.07, 6.45) is 2.83. The van der Waals surface area contributed by atoms with Crippen molar-refractivity contribution in [3.05, 3.63) is 63.0 Å². The summed E-state index contributed by atoms with van der Waals surface area (Å²) in [6.45, 7) is 3.56. The number of aryl methyl sites for hydroxylation is 1. The Bertz CT molecular complexity index is 607. The minimum Gasteiger partial charge on any atom is -0.380 e. The zero-order valence-corrected chi connectivity index (χ0v) is 12.5. The molecule has 0 radical (unpaired) electrons. The van der Waals surface area contributed by atoms with Gasteiger partial charge in [0.1, 0.15) is 0 Å². The number of hydrogen-bond acceptors (Lipinski definition) is 2. The lowest BCUT2D eigenvalue weighted by Gasteiger charge is -2.10. The fourth-order valence-electron chi connectivity index (χ4n) is 1.90. The van der Waals surface area contributed by atoms with E-state index in [-0.39, 0.29) is 5.56 Å². The van der Waals surface area contributed by atoms with Crippen molar-refractivity contribution in [3.63, 3.8) is 0 Å². The van der Waals surface area contributed by atoms with E-state index >= 15 is 0 Å². The van der Waals surface area contributed by atoms with Crippen molar-refractivity contribution >= 4 is 21.6 Å². The van der Waals surface area contributed by atoms with Crippen molar-refractivity contribution in [2.45, 2.75) is 26.4 Å². The summed E-state index contributed by atoms with van der Waals surface area (Å²) in [4.78, 5) is 11.6. The molecule has 2 aromatic rings. The molecule has 0 aliphatic carbocycles. The van der Waals surface area contributed by atoms with Gasteiger partial charge in [0, 0.05) is 29.8 Å². The lowest BCUT2D eigenvalue weighted by molar-refractivity contribution is 0.655. The molecule has 0 atom stereocenters. The molecule has 0 saturated heterocycles. The van der Waals surface area contributed by atoms with Crippen LogP contribution in [0.5, 0.6) is 0 Å². The predicted octanol–water partition coefficient (Wildman–Crippen LogP) is 3.63. The number of anilines is 1. The first-order chi connectivity index (χ1) is 9.19. The van der Waals surface area contributed by atoms with Crippen LogP contribution in [-0.2, 0) is 13.1 Å². The fraction of sp³-hybridized carbons (Fsp3) is 0.267. The maximum Gasteiger partial charge on any atom is 0.250 e. The largest absolute Gasteiger partial charge is 0.380 e. The highest BCUT2D eigenvalue weighted by Gasteiger charge is 1.99. The summed E-state index contributed by atoms with van der Waals surface area (Å²) in [6, 6.07) is 11.6. The van der Waals surface area contributed by atoms with E-state index in [2.05, 4.69) is 40.3 Å². The molecule has 1 N–H and O–H groups in total. The molecule has 100 valence electrons. The van der Waals surface area contributed by atoms with Gasteiger partial charge in [0.25, 0.3) is 5.56 Å². The molecule has 0 spiro atoms.